The number of esters is 1. The normalized spacial score (nSPS) is 14.4. The van der Waals surface area contributed by atoms with Crippen LogP contribution in [0, 0.1) is 12.8 Å². The number of benzene rings is 1. The average molecular weight is 707 g/mol. The van der Waals surface area contributed by atoms with E-state index < -0.39 is 35.2 Å². The molecule has 3 aromatic heterocycles. The van der Waals surface area contributed by atoms with Crippen molar-refractivity contribution < 1.29 is 36.7 Å². The van der Waals surface area contributed by atoms with E-state index in [-0.39, 0.29) is 63.7 Å². The Morgan fingerprint density at radius 1 is 1.17 bits per heavy atom. The molecule has 0 aliphatic carbocycles. The Hall–Kier alpha value is -3.86. The molecule has 0 atom stereocenters. The highest BCUT2D eigenvalue weighted by molar-refractivity contribution is 7.07. The predicted octanol–water partition coefficient (Wildman–Crippen LogP) is 3.81. The Morgan fingerprint density at radius 2 is 1.87 bits per heavy atom. The molecule has 1 fully saturated rings. The molecule has 0 unspecified atom stereocenters. The van der Waals surface area contributed by atoms with Gasteiger partial charge in [0.2, 0.25) is 5.71 Å². The van der Waals surface area contributed by atoms with E-state index in [2.05, 4.69) is 15.0 Å². The van der Waals surface area contributed by atoms with E-state index >= 15 is 0 Å². The van der Waals surface area contributed by atoms with E-state index in [0.29, 0.717) is 37.2 Å². The Labute approximate surface area is 273 Å². The molecule has 18 heteroatoms. The van der Waals surface area contributed by atoms with Gasteiger partial charge in [-0.3, -0.25) is 28.1 Å². The van der Waals surface area contributed by atoms with Gasteiger partial charge in [0.05, 0.1) is 23.1 Å². The third-order valence-corrected chi connectivity index (χ3v) is 8.55. The number of amides is 1. The van der Waals surface area contributed by atoms with Crippen molar-refractivity contribution in [2.75, 3.05) is 13.1 Å². The molecule has 248 valence electrons. The number of carbonyl (C=O) groups is 2. The SMILES string of the molecule is Cc1oc2c(c1CC(=O)/N=c1\scc(-c3ccc(OC(F)(F)F)c(Cl)c3)n1COC(=O)C1CCNCC1)c(=O)n(C)c(=O)n2C.Cl. The molecule has 1 amide bonds. The number of piperidine rings is 1. The second-order valence-corrected chi connectivity index (χ2v) is 11.6. The molecule has 4 heterocycles. The molecule has 0 radical (unpaired) electrons. The van der Waals surface area contributed by atoms with Crippen LogP contribution in [0.4, 0.5) is 13.2 Å². The summed E-state index contributed by atoms with van der Waals surface area (Å²) >= 11 is 7.11. The first-order valence-electron chi connectivity index (χ1n) is 13.6. The van der Waals surface area contributed by atoms with Crippen LogP contribution in [0.25, 0.3) is 22.4 Å². The van der Waals surface area contributed by atoms with Gasteiger partial charge in [-0.2, -0.15) is 4.99 Å². The Morgan fingerprint density at radius 3 is 2.52 bits per heavy atom. The fraction of sp³-hybridized carbons (Fsp3) is 0.393. The van der Waals surface area contributed by atoms with Crippen molar-refractivity contribution in [2.45, 2.75) is 39.3 Å². The minimum Gasteiger partial charge on any atom is -0.444 e. The highest BCUT2D eigenvalue weighted by Gasteiger charge is 2.32. The highest BCUT2D eigenvalue weighted by Crippen LogP contribution is 2.34. The van der Waals surface area contributed by atoms with E-state index in [1.807, 2.05) is 0 Å². The van der Waals surface area contributed by atoms with Crippen LogP contribution in [-0.2, 0) is 41.6 Å². The summed E-state index contributed by atoms with van der Waals surface area (Å²) < 4.78 is 57.0. The molecule has 1 N–H and O–H groups in total. The Kier molecular flexibility index (Phi) is 10.6. The number of hydrogen-bond acceptors (Lipinski definition) is 9. The van der Waals surface area contributed by atoms with Crippen LogP contribution in [0.3, 0.4) is 0 Å². The fourth-order valence-corrected chi connectivity index (χ4v) is 6.17. The number of ether oxygens (including phenoxy) is 2. The lowest BCUT2D eigenvalue weighted by Crippen LogP contribution is -2.36. The zero-order chi connectivity index (χ0) is 32.6. The minimum atomic E-state index is -4.94. The van der Waals surface area contributed by atoms with Crippen LogP contribution in [-0.4, -0.2) is 45.0 Å². The van der Waals surface area contributed by atoms with E-state index in [0.717, 1.165) is 22.0 Å². The average Bonchev–Trinajstić information content (AvgIpc) is 3.54. The van der Waals surface area contributed by atoms with Gasteiger partial charge in [0.15, 0.2) is 11.5 Å². The van der Waals surface area contributed by atoms with Gasteiger partial charge in [-0.15, -0.1) is 36.9 Å². The number of nitrogens with one attached hydrogen (secondary N) is 1. The number of rotatable bonds is 7. The van der Waals surface area contributed by atoms with E-state index in [1.54, 1.807) is 12.3 Å². The number of thiazole rings is 1. The maximum atomic E-state index is 13.3. The molecule has 4 aromatic rings. The number of aryl methyl sites for hydroxylation is 2. The number of alkyl halides is 3. The van der Waals surface area contributed by atoms with Crippen molar-refractivity contribution in [1.82, 2.24) is 19.0 Å². The van der Waals surface area contributed by atoms with Gasteiger partial charge in [0.1, 0.15) is 16.9 Å². The van der Waals surface area contributed by atoms with E-state index in [4.69, 9.17) is 20.8 Å². The minimum absolute atomic E-state index is 0. The van der Waals surface area contributed by atoms with Crippen LogP contribution in [0.15, 0.2) is 42.6 Å². The topological polar surface area (TPSA) is 139 Å². The number of hydrogen-bond donors (Lipinski definition) is 1. The zero-order valence-electron chi connectivity index (χ0n) is 24.6. The monoisotopic (exact) mass is 705 g/mol. The van der Waals surface area contributed by atoms with Gasteiger partial charge in [-0.1, -0.05) is 11.6 Å². The molecule has 1 aromatic carbocycles. The van der Waals surface area contributed by atoms with Crippen LogP contribution < -0.4 is 26.1 Å². The maximum absolute atomic E-state index is 13.3. The van der Waals surface area contributed by atoms with Crippen molar-refractivity contribution in [2.24, 2.45) is 25.0 Å². The first kappa shape index (κ1) is 35.0. The van der Waals surface area contributed by atoms with Crippen LogP contribution in [0.1, 0.15) is 24.2 Å². The second kappa shape index (κ2) is 13.9. The van der Waals surface area contributed by atoms with Crippen molar-refractivity contribution in [3.05, 3.63) is 65.6 Å². The van der Waals surface area contributed by atoms with Gasteiger partial charge in [0.25, 0.3) is 11.5 Å². The van der Waals surface area contributed by atoms with Gasteiger partial charge >= 0.3 is 18.0 Å². The molecule has 0 spiro atoms. The molecule has 12 nitrogen and oxygen atoms in total. The summed E-state index contributed by atoms with van der Waals surface area (Å²) in [4.78, 5) is 55.7. The van der Waals surface area contributed by atoms with Gasteiger partial charge in [-0.05, 0) is 51.1 Å². The number of furan rings is 1. The molecule has 5 rings (SSSR count). The first-order chi connectivity index (χ1) is 21.2. The van der Waals surface area contributed by atoms with Gasteiger partial charge in [0, 0.05) is 30.6 Å². The number of nitrogens with zero attached hydrogens (tertiary/aromatic N) is 4. The van der Waals surface area contributed by atoms with Gasteiger partial charge < -0.3 is 19.2 Å². The summed E-state index contributed by atoms with van der Waals surface area (Å²) in [6.07, 6.45) is -4.10. The molecule has 0 saturated carbocycles. The summed E-state index contributed by atoms with van der Waals surface area (Å²) in [6.45, 7) is 2.54. The molecule has 0 bridgehead atoms. The predicted molar refractivity (Wildman–Crippen MR) is 164 cm³/mol. The molecule has 1 aliphatic rings. The second-order valence-electron chi connectivity index (χ2n) is 10.3. The lowest BCUT2D eigenvalue weighted by Gasteiger charge is -2.21. The summed E-state index contributed by atoms with van der Waals surface area (Å²) in [5.41, 5.74) is -0.217. The molecule has 46 heavy (non-hydrogen) atoms. The number of halogens is 5. The summed E-state index contributed by atoms with van der Waals surface area (Å²) in [5, 5.41) is 4.51. The summed E-state index contributed by atoms with van der Waals surface area (Å²) in [6, 6.07) is 3.64. The third-order valence-electron chi connectivity index (χ3n) is 7.40. The largest absolute Gasteiger partial charge is 0.573 e. The molecular weight excluding hydrogens is 678 g/mol. The smallest absolute Gasteiger partial charge is 0.444 e. The molecule has 1 aliphatic heterocycles. The third kappa shape index (κ3) is 7.24. The van der Waals surface area contributed by atoms with Crippen LogP contribution in [0.2, 0.25) is 5.02 Å². The quantitative estimate of drug-likeness (QED) is 0.287. The van der Waals surface area contributed by atoms with Crippen molar-refractivity contribution in [3.63, 3.8) is 0 Å². The standard InChI is InChI=1S/C28H27ClF3N5O7S.ClH/c1-14-17(22-23(39)35(2)27(41)36(3)24(22)43-14)11-21(38)34-26-37(13-42-25(40)15-6-8-33-9-7-15)19(12-45-26)16-4-5-20(18(29)10-16)44-28(30,31)32;/h4-5,10,12,15,33H,6-9,11,13H2,1-3H3;1H/b34-26-;. The lowest BCUT2D eigenvalue weighted by molar-refractivity contribution is -0.274. The van der Waals surface area contributed by atoms with Crippen LogP contribution >= 0.6 is 35.3 Å². The van der Waals surface area contributed by atoms with Crippen molar-refractivity contribution in [3.8, 4) is 17.0 Å². The van der Waals surface area contributed by atoms with Crippen molar-refractivity contribution >= 4 is 58.3 Å². The van der Waals surface area contributed by atoms with Crippen molar-refractivity contribution in [1.29, 1.82) is 0 Å². The Bertz CT molecular complexity index is 1990. The lowest BCUT2D eigenvalue weighted by atomic mass is 9.99. The zero-order valence-corrected chi connectivity index (χ0v) is 27.0. The number of fused-ring (bicyclic) bond motifs is 1. The first-order valence-corrected chi connectivity index (χ1v) is 14.9. The molecular formula is C28H28Cl2F3N5O7S. The van der Waals surface area contributed by atoms with Crippen LogP contribution in [0.5, 0.6) is 5.75 Å². The molecule has 1 saturated heterocycles. The highest BCUT2D eigenvalue weighted by atomic mass is 35.5. The van der Waals surface area contributed by atoms with E-state index in [1.165, 1.54) is 35.4 Å². The summed E-state index contributed by atoms with van der Waals surface area (Å²) in [7, 11) is 2.76. The number of carbonyl (C=O) groups excluding carboxylic acids is 2. The van der Waals surface area contributed by atoms with Gasteiger partial charge in [-0.25, -0.2) is 4.79 Å². The maximum Gasteiger partial charge on any atom is 0.573 e. The fourth-order valence-electron chi connectivity index (χ4n) is 5.04. The Balaban J connectivity index is 0.00000480. The van der Waals surface area contributed by atoms with E-state index in [9.17, 15) is 32.3 Å². The summed E-state index contributed by atoms with van der Waals surface area (Å²) in [5.74, 6) is -1.76. The number of aromatic nitrogens is 3.